The molecule has 0 bridgehead atoms. The zero-order chi connectivity index (χ0) is 6.53. The molecule has 0 aromatic rings. The van der Waals surface area contributed by atoms with Crippen molar-refractivity contribution in [1.82, 2.24) is 0 Å². The normalized spacial score (nSPS) is 26.6. The summed E-state index contributed by atoms with van der Waals surface area (Å²) in [5.74, 6) is 1.03. The van der Waals surface area contributed by atoms with Gasteiger partial charge in [0.25, 0.3) is 0 Å². The largest absolute Gasteiger partial charge is 0.0885 e. The second kappa shape index (κ2) is 3.88. The minimum absolute atomic E-state index is 1.03. The second-order valence-corrected chi connectivity index (χ2v) is 3.82. The molecule has 0 aromatic carbocycles. The molecule has 0 saturated carbocycles. The Morgan fingerprint density at radius 2 is 2.44 bits per heavy atom. The molecule has 0 nitrogen and oxygen atoms in total. The molecule has 1 atom stereocenters. The third kappa shape index (κ3) is 2.35. The van der Waals surface area contributed by atoms with Gasteiger partial charge in [0.15, 0.2) is 0 Å². The summed E-state index contributed by atoms with van der Waals surface area (Å²) in [6.07, 6.45) is 8.77. The van der Waals surface area contributed by atoms with Crippen LogP contribution in [0, 0.1) is 5.92 Å². The standard InChI is InChI=1S/C8H14Si/c1-9-7-8-5-3-2-4-6-8/h2-3,8H,4-7H2,1H3. The van der Waals surface area contributed by atoms with Crippen molar-refractivity contribution in [3.8, 4) is 0 Å². The Bertz CT molecular complexity index is 96.7. The fraction of sp³-hybridized carbons (Fsp3) is 0.750. The summed E-state index contributed by atoms with van der Waals surface area (Å²) in [4.78, 5) is 0. The first-order valence-corrected chi connectivity index (χ1v) is 5.44. The summed E-state index contributed by atoms with van der Waals surface area (Å²) in [6, 6.07) is 1.46. The van der Waals surface area contributed by atoms with E-state index in [-0.39, 0.29) is 0 Å². The predicted octanol–water partition coefficient (Wildman–Crippen LogP) is 2.51. The van der Waals surface area contributed by atoms with E-state index >= 15 is 0 Å². The van der Waals surface area contributed by atoms with E-state index in [4.69, 9.17) is 0 Å². The van der Waals surface area contributed by atoms with Gasteiger partial charge in [0.05, 0.1) is 0 Å². The lowest BCUT2D eigenvalue weighted by atomic mass is 9.96. The van der Waals surface area contributed by atoms with E-state index in [2.05, 4.69) is 18.7 Å². The number of rotatable bonds is 2. The lowest BCUT2D eigenvalue weighted by Crippen LogP contribution is -2.03. The zero-order valence-electron chi connectivity index (χ0n) is 6.06. The van der Waals surface area contributed by atoms with Crippen molar-refractivity contribution in [1.29, 1.82) is 0 Å². The van der Waals surface area contributed by atoms with E-state index in [0.717, 1.165) is 15.4 Å². The molecule has 0 N–H and O–H groups in total. The molecule has 0 heterocycles. The maximum Gasteiger partial charge on any atom is 0.0345 e. The summed E-state index contributed by atoms with van der Waals surface area (Å²) in [5, 5.41) is 0. The van der Waals surface area contributed by atoms with Gasteiger partial charge in [-0.1, -0.05) is 24.7 Å². The summed E-state index contributed by atoms with van der Waals surface area (Å²) < 4.78 is 0. The minimum atomic E-state index is 1.03. The average molecular weight is 138 g/mol. The van der Waals surface area contributed by atoms with Gasteiger partial charge in [0.1, 0.15) is 0 Å². The first-order valence-electron chi connectivity index (χ1n) is 3.73. The first kappa shape index (κ1) is 7.07. The van der Waals surface area contributed by atoms with Crippen molar-refractivity contribution in [2.45, 2.75) is 31.9 Å². The molecule has 0 aromatic heterocycles. The van der Waals surface area contributed by atoms with Crippen molar-refractivity contribution >= 4 is 9.52 Å². The molecule has 0 aliphatic heterocycles. The van der Waals surface area contributed by atoms with Crippen LogP contribution in [0.25, 0.3) is 0 Å². The van der Waals surface area contributed by atoms with E-state index in [0.29, 0.717) is 0 Å². The number of hydrogen-bond donors (Lipinski definition) is 0. The zero-order valence-corrected chi connectivity index (χ0v) is 7.06. The number of allylic oxidation sites excluding steroid dienone is 2. The van der Waals surface area contributed by atoms with Gasteiger partial charge < -0.3 is 0 Å². The molecular formula is C8H14Si. The third-order valence-corrected chi connectivity index (χ3v) is 2.86. The fourth-order valence-corrected chi connectivity index (χ4v) is 2.28. The summed E-state index contributed by atoms with van der Waals surface area (Å²) in [7, 11) is 1.15. The molecule has 1 heteroatoms. The molecule has 1 unspecified atom stereocenters. The van der Waals surface area contributed by atoms with Gasteiger partial charge in [0, 0.05) is 9.52 Å². The van der Waals surface area contributed by atoms with E-state index in [1.807, 2.05) is 0 Å². The maximum absolute atomic E-state index is 2.34. The topological polar surface area (TPSA) is 0 Å². The van der Waals surface area contributed by atoms with Gasteiger partial charge in [-0.05, 0) is 25.2 Å². The molecule has 1 aliphatic carbocycles. The quantitative estimate of drug-likeness (QED) is 0.406. The fourth-order valence-electron chi connectivity index (χ4n) is 1.33. The van der Waals surface area contributed by atoms with Crippen LogP contribution in [0.15, 0.2) is 12.2 Å². The van der Waals surface area contributed by atoms with Crippen LogP contribution in [0.3, 0.4) is 0 Å². The van der Waals surface area contributed by atoms with Crippen LogP contribution in [-0.2, 0) is 0 Å². The molecule has 2 radical (unpaired) electrons. The lowest BCUT2D eigenvalue weighted by Gasteiger charge is -2.15. The Kier molecular flexibility index (Phi) is 3.05. The van der Waals surface area contributed by atoms with Crippen molar-refractivity contribution in [2.24, 2.45) is 5.92 Å². The second-order valence-electron chi connectivity index (χ2n) is 2.71. The average Bonchev–Trinajstić information content (AvgIpc) is 1.91. The van der Waals surface area contributed by atoms with Crippen LogP contribution >= 0.6 is 0 Å². The Morgan fingerprint density at radius 1 is 1.56 bits per heavy atom. The third-order valence-electron chi connectivity index (χ3n) is 1.87. The highest BCUT2D eigenvalue weighted by molar-refractivity contribution is 6.33. The van der Waals surface area contributed by atoms with E-state index < -0.39 is 0 Å². The van der Waals surface area contributed by atoms with Gasteiger partial charge in [-0.2, -0.15) is 0 Å². The van der Waals surface area contributed by atoms with Crippen molar-refractivity contribution in [2.75, 3.05) is 0 Å². The molecule has 0 fully saturated rings. The molecular weight excluding hydrogens is 124 g/mol. The SMILES string of the molecule is C[Si]CC1CC=CCC1. The minimum Gasteiger partial charge on any atom is -0.0885 e. The van der Waals surface area contributed by atoms with Crippen molar-refractivity contribution in [3.05, 3.63) is 12.2 Å². The highest BCUT2D eigenvalue weighted by Crippen LogP contribution is 2.20. The Hall–Kier alpha value is -0.0431. The first-order chi connectivity index (χ1) is 4.43. The van der Waals surface area contributed by atoms with Crippen molar-refractivity contribution in [3.63, 3.8) is 0 Å². The molecule has 50 valence electrons. The van der Waals surface area contributed by atoms with Crippen LogP contribution in [-0.4, -0.2) is 9.52 Å². The van der Waals surface area contributed by atoms with Gasteiger partial charge in [-0.3, -0.25) is 0 Å². The Morgan fingerprint density at radius 3 is 3.00 bits per heavy atom. The summed E-state index contributed by atoms with van der Waals surface area (Å²) in [5.41, 5.74) is 0. The summed E-state index contributed by atoms with van der Waals surface area (Å²) in [6.45, 7) is 2.30. The van der Waals surface area contributed by atoms with E-state index in [9.17, 15) is 0 Å². The Balaban J connectivity index is 2.18. The molecule has 1 rings (SSSR count). The number of hydrogen-bond acceptors (Lipinski definition) is 0. The van der Waals surface area contributed by atoms with Crippen molar-refractivity contribution < 1.29 is 0 Å². The predicted molar refractivity (Wildman–Crippen MR) is 42.9 cm³/mol. The van der Waals surface area contributed by atoms with Gasteiger partial charge in [-0.15, -0.1) is 0 Å². The molecule has 0 spiro atoms. The van der Waals surface area contributed by atoms with Crippen LogP contribution in [0.4, 0.5) is 0 Å². The molecule has 1 aliphatic rings. The lowest BCUT2D eigenvalue weighted by molar-refractivity contribution is 0.525. The smallest absolute Gasteiger partial charge is 0.0345 e. The highest BCUT2D eigenvalue weighted by atomic mass is 28.2. The van der Waals surface area contributed by atoms with Crippen LogP contribution in [0.5, 0.6) is 0 Å². The van der Waals surface area contributed by atoms with Crippen LogP contribution in [0.2, 0.25) is 12.6 Å². The monoisotopic (exact) mass is 138 g/mol. The van der Waals surface area contributed by atoms with Crippen LogP contribution < -0.4 is 0 Å². The maximum atomic E-state index is 2.34. The van der Waals surface area contributed by atoms with Gasteiger partial charge in [-0.25, -0.2) is 0 Å². The van der Waals surface area contributed by atoms with E-state index in [1.165, 1.54) is 25.3 Å². The van der Waals surface area contributed by atoms with E-state index in [1.54, 1.807) is 0 Å². The van der Waals surface area contributed by atoms with Gasteiger partial charge >= 0.3 is 0 Å². The summed E-state index contributed by atoms with van der Waals surface area (Å²) >= 11 is 0. The molecule has 0 amide bonds. The van der Waals surface area contributed by atoms with Crippen LogP contribution in [0.1, 0.15) is 19.3 Å². The van der Waals surface area contributed by atoms with Gasteiger partial charge in [0.2, 0.25) is 0 Å². The Labute approximate surface area is 60.2 Å². The molecule has 9 heavy (non-hydrogen) atoms. The molecule has 0 saturated heterocycles. The highest BCUT2D eigenvalue weighted by Gasteiger charge is 2.07.